The summed E-state index contributed by atoms with van der Waals surface area (Å²) < 4.78 is 6.53. The maximum Gasteiger partial charge on any atom is 0.122 e. The van der Waals surface area contributed by atoms with Gasteiger partial charge in [0.05, 0.1) is 24.4 Å². The number of benzene rings is 1. The summed E-state index contributed by atoms with van der Waals surface area (Å²) in [6.07, 6.45) is 1.97. The lowest BCUT2D eigenvalue weighted by atomic mass is 10.0. The second-order valence-corrected chi connectivity index (χ2v) is 6.21. The molecule has 0 radical (unpaired) electrons. The monoisotopic (exact) mass is 354 g/mol. The first-order valence-corrected chi connectivity index (χ1v) is 8.42. The highest BCUT2D eigenvalue weighted by Crippen LogP contribution is 2.28. The predicted molar refractivity (Wildman–Crippen MR) is 87.5 cm³/mol. The average molecular weight is 355 g/mol. The van der Waals surface area contributed by atoms with Gasteiger partial charge < -0.3 is 10.1 Å². The summed E-state index contributed by atoms with van der Waals surface area (Å²) in [5.41, 5.74) is 4.17. The van der Waals surface area contributed by atoms with Gasteiger partial charge in [0.2, 0.25) is 0 Å². The van der Waals surface area contributed by atoms with E-state index in [-0.39, 0.29) is 6.04 Å². The van der Waals surface area contributed by atoms with E-state index in [4.69, 9.17) is 4.74 Å². The van der Waals surface area contributed by atoms with Crippen molar-refractivity contribution in [3.05, 3.63) is 44.8 Å². The fourth-order valence-electron chi connectivity index (χ4n) is 2.12. The van der Waals surface area contributed by atoms with E-state index >= 15 is 0 Å². The minimum atomic E-state index is 0.226. The van der Waals surface area contributed by atoms with Crippen molar-refractivity contribution < 1.29 is 4.74 Å². The number of rotatable bonds is 7. The molecule has 1 atom stereocenters. The minimum absolute atomic E-state index is 0.226. The molecule has 1 N–H and O–H groups in total. The summed E-state index contributed by atoms with van der Waals surface area (Å²) in [6.45, 7) is 3.16. The summed E-state index contributed by atoms with van der Waals surface area (Å²) in [5.74, 6) is 0.923. The second kappa shape index (κ2) is 7.76. The van der Waals surface area contributed by atoms with Crippen molar-refractivity contribution in [1.82, 2.24) is 10.3 Å². The number of hydrogen-bond donors (Lipinski definition) is 1. The Morgan fingerprint density at radius 1 is 1.45 bits per heavy atom. The molecule has 0 amide bonds. The van der Waals surface area contributed by atoms with Crippen LogP contribution in [0.4, 0.5) is 0 Å². The van der Waals surface area contributed by atoms with E-state index in [1.165, 1.54) is 5.56 Å². The average Bonchev–Trinajstić information content (AvgIpc) is 2.97. The lowest BCUT2D eigenvalue weighted by Gasteiger charge is -2.18. The zero-order valence-electron chi connectivity index (χ0n) is 11.7. The van der Waals surface area contributed by atoms with Crippen LogP contribution in [0.5, 0.6) is 5.75 Å². The number of thiazole rings is 1. The van der Waals surface area contributed by atoms with Gasteiger partial charge in [0.1, 0.15) is 5.75 Å². The molecule has 0 fully saturated rings. The van der Waals surface area contributed by atoms with Gasteiger partial charge >= 0.3 is 0 Å². The van der Waals surface area contributed by atoms with E-state index in [2.05, 4.69) is 44.6 Å². The van der Waals surface area contributed by atoms with Crippen LogP contribution in [0.25, 0.3) is 0 Å². The zero-order valence-corrected chi connectivity index (χ0v) is 14.1. The molecule has 0 saturated carbocycles. The molecular weight excluding hydrogens is 336 g/mol. The molecule has 1 aromatic carbocycles. The summed E-state index contributed by atoms with van der Waals surface area (Å²) in [7, 11) is 1.71. The third-order valence-electron chi connectivity index (χ3n) is 3.12. The Morgan fingerprint density at radius 2 is 2.30 bits per heavy atom. The first kappa shape index (κ1) is 15.5. The maximum absolute atomic E-state index is 5.46. The Kier molecular flexibility index (Phi) is 6.01. The molecule has 0 aliphatic rings. The molecule has 0 spiro atoms. The number of hydrogen-bond acceptors (Lipinski definition) is 4. The molecule has 0 bridgehead atoms. The van der Waals surface area contributed by atoms with E-state index in [9.17, 15) is 0 Å². The van der Waals surface area contributed by atoms with E-state index < -0.39 is 0 Å². The van der Waals surface area contributed by atoms with E-state index in [0.717, 1.165) is 35.3 Å². The number of ether oxygens (including phenoxy) is 1. The van der Waals surface area contributed by atoms with Crippen molar-refractivity contribution >= 4 is 27.3 Å². The largest absolute Gasteiger partial charge is 0.496 e. The van der Waals surface area contributed by atoms with Crippen LogP contribution in [0.1, 0.15) is 30.6 Å². The Bertz CT molecular complexity index is 531. The molecule has 5 heteroatoms. The summed E-state index contributed by atoms with van der Waals surface area (Å²) >= 11 is 5.16. The van der Waals surface area contributed by atoms with E-state index in [1.54, 1.807) is 18.4 Å². The Labute approximate surface area is 132 Å². The Balaban J connectivity index is 2.21. The summed E-state index contributed by atoms with van der Waals surface area (Å²) in [4.78, 5) is 4.45. The first-order chi connectivity index (χ1) is 9.74. The fraction of sp³-hybridized carbons (Fsp3) is 0.400. The van der Waals surface area contributed by atoms with Gasteiger partial charge in [-0.2, -0.15) is 0 Å². The maximum atomic E-state index is 5.46. The van der Waals surface area contributed by atoms with Crippen LogP contribution in [0.2, 0.25) is 0 Å². The van der Waals surface area contributed by atoms with Crippen molar-refractivity contribution in [2.75, 3.05) is 13.7 Å². The molecule has 0 aliphatic carbocycles. The van der Waals surface area contributed by atoms with Crippen LogP contribution < -0.4 is 10.1 Å². The molecule has 1 heterocycles. The van der Waals surface area contributed by atoms with Gasteiger partial charge in [-0.25, -0.2) is 4.98 Å². The number of halogens is 1. The van der Waals surface area contributed by atoms with Crippen molar-refractivity contribution in [2.45, 2.75) is 25.8 Å². The van der Waals surface area contributed by atoms with Crippen LogP contribution >= 0.6 is 27.3 Å². The highest BCUT2D eigenvalue weighted by molar-refractivity contribution is 9.10. The molecule has 1 unspecified atom stereocenters. The fourth-order valence-corrected chi connectivity index (χ4v) is 3.14. The Morgan fingerprint density at radius 3 is 2.95 bits per heavy atom. The van der Waals surface area contributed by atoms with Gasteiger partial charge in [0.15, 0.2) is 0 Å². The van der Waals surface area contributed by atoms with Gasteiger partial charge in [0, 0.05) is 9.85 Å². The zero-order chi connectivity index (χ0) is 14.4. The molecule has 108 valence electrons. The summed E-state index contributed by atoms with van der Waals surface area (Å²) in [5, 5.41) is 5.67. The normalized spacial score (nSPS) is 12.3. The van der Waals surface area contributed by atoms with Crippen molar-refractivity contribution in [3.63, 3.8) is 0 Å². The van der Waals surface area contributed by atoms with E-state index in [0.29, 0.717) is 0 Å². The lowest BCUT2D eigenvalue weighted by molar-refractivity contribution is 0.404. The SMILES string of the molecule is CCCNC(Cc1cc(Br)ccc1OC)c1cscn1. The number of methoxy groups -OCH3 is 1. The van der Waals surface area contributed by atoms with Gasteiger partial charge in [-0.3, -0.25) is 0 Å². The van der Waals surface area contributed by atoms with E-state index in [1.807, 2.05) is 17.6 Å². The Hall–Kier alpha value is -0.910. The molecule has 1 aromatic heterocycles. The molecule has 3 nitrogen and oxygen atoms in total. The van der Waals surface area contributed by atoms with Gasteiger partial charge in [-0.1, -0.05) is 22.9 Å². The third-order valence-corrected chi connectivity index (χ3v) is 4.21. The van der Waals surface area contributed by atoms with Crippen molar-refractivity contribution in [1.29, 1.82) is 0 Å². The number of aromatic nitrogens is 1. The molecule has 2 aromatic rings. The second-order valence-electron chi connectivity index (χ2n) is 4.58. The van der Waals surface area contributed by atoms with Crippen LogP contribution in [-0.4, -0.2) is 18.6 Å². The smallest absolute Gasteiger partial charge is 0.122 e. The van der Waals surface area contributed by atoms with Crippen LogP contribution in [0.15, 0.2) is 33.6 Å². The van der Waals surface area contributed by atoms with Gasteiger partial charge in [-0.05, 0) is 43.1 Å². The van der Waals surface area contributed by atoms with Crippen LogP contribution in [0.3, 0.4) is 0 Å². The third kappa shape index (κ3) is 4.04. The standard InChI is InChI=1S/C15H19BrN2OS/c1-3-6-17-13(14-9-20-10-18-14)8-11-7-12(16)4-5-15(11)19-2/h4-5,7,9-10,13,17H,3,6,8H2,1-2H3. The molecule has 0 saturated heterocycles. The summed E-state index contributed by atoms with van der Waals surface area (Å²) in [6, 6.07) is 6.34. The lowest BCUT2D eigenvalue weighted by Crippen LogP contribution is -2.24. The predicted octanol–water partition coefficient (Wildman–Crippen LogP) is 4.20. The molecule has 0 aliphatic heterocycles. The molecule has 2 rings (SSSR count). The minimum Gasteiger partial charge on any atom is -0.496 e. The number of nitrogens with zero attached hydrogens (tertiary/aromatic N) is 1. The molecular formula is C15H19BrN2OS. The topological polar surface area (TPSA) is 34.1 Å². The van der Waals surface area contributed by atoms with Crippen LogP contribution in [-0.2, 0) is 6.42 Å². The first-order valence-electron chi connectivity index (χ1n) is 6.68. The van der Waals surface area contributed by atoms with Gasteiger partial charge in [-0.15, -0.1) is 11.3 Å². The van der Waals surface area contributed by atoms with Crippen LogP contribution in [0, 0.1) is 0 Å². The highest BCUT2D eigenvalue weighted by Gasteiger charge is 2.16. The highest BCUT2D eigenvalue weighted by atomic mass is 79.9. The number of nitrogens with one attached hydrogen (secondary N) is 1. The van der Waals surface area contributed by atoms with Crippen molar-refractivity contribution in [3.8, 4) is 5.75 Å². The van der Waals surface area contributed by atoms with Crippen molar-refractivity contribution in [2.24, 2.45) is 0 Å². The quantitative estimate of drug-likeness (QED) is 0.808. The van der Waals surface area contributed by atoms with Gasteiger partial charge in [0.25, 0.3) is 0 Å². The molecule has 20 heavy (non-hydrogen) atoms.